The number of amides is 2. The molecule has 1 heterocycles. The first-order valence-electron chi connectivity index (χ1n) is 2.95. The lowest BCUT2D eigenvalue weighted by molar-refractivity contribution is -0.132. The molecule has 1 rings (SSSR count). The van der Waals surface area contributed by atoms with Crippen LogP contribution in [0.2, 0.25) is 0 Å². The second kappa shape index (κ2) is 2.26. The van der Waals surface area contributed by atoms with Crippen LogP contribution >= 0.6 is 0 Å². The van der Waals surface area contributed by atoms with Gasteiger partial charge in [0.05, 0.1) is 12.0 Å². The fourth-order valence-corrected chi connectivity index (χ4v) is 0.917. The van der Waals surface area contributed by atoms with Crippen LogP contribution in [0.25, 0.3) is 0 Å². The first kappa shape index (κ1) is 7.01. The van der Waals surface area contributed by atoms with Crippen molar-refractivity contribution in [2.24, 2.45) is 17.4 Å². The monoisotopic (exact) mass is 143 g/mol. The summed E-state index contributed by atoms with van der Waals surface area (Å²) >= 11 is 0. The molecule has 56 valence electrons. The summed E-state index contributed by atoms with van der Waals surface area (Å²) in [6, 6.07) is -0.544. The van der Waals surface area contributed by atoms with E-state index in [4.69, 9.17) is 11.5 Å². The number of carbonyl (C=O) groups is 2. The maximum absolute atomic E-state index is 10.5. The number of nitrogens with two attached hydrogens (primary N) is 2. The largest absolute Gasteiger partial charge is 0.369 e. The predicted octanol–water partition coefficient (Wildman–Crippen LogP) is -2.45. The minimum Gasteiger partial charge on any atom is -0.369 e. The van der Waals surface area contributed by atoms with Crippen LogP contribution in [0.3, 0.4) is 0 Å². The van der Waals surface area contributed by atoms with Crippen molar-refractivity contribution in [2.75, 3.05) is 6.54 Å². The summed E-state index contributed by atoms with van der Waals surface area (Å²) in [5.74, 6) is -1.39. The van der Waals surface area contributed by atoms with Crippen LogP contribution in [-0.4, -0.2) is 24.4 Å². The third-order valence-electron chi connectivity index (χ3n) is 1.63. The predicted molar refractivity (Wildman–Crippen MR) is 33.7 cm³/mol. The first-order chi connectivity index (χ1) is 4.63. The summed E-state index contributed by atoms with van der Waals surface area (Å²) < 4.78 is 0. The lowest BCUT2D eigenvalue weighted by Gasteiger charge is -2.32. The number of primary amides is 2. The standard InChI is InChI=1S/C5H9N3O2/c6-4(9)2-1-8-3(2)5(7)10/h2-3,8H,1H2,(H2,6,9)(H2,7,10). The summed E-state index contributed by atoms with van der Waals surface area (Å²) in [5, 5.41) is 2.70. The zero-order valence-electron chi connectivity index (χ0n) is 5.33. The zero-order valence-corrected chi connectivity index (χ0v) is 5.33. The van der Waals surface area contributed by atoms with Crippen LogP contribution in [-0.2, 0) is 9.59 Å². The molecule has 0 saturated carbocycles. The van der Waals surface area contributed by atoms with Gasteiger partial charge in [0.1, 0.15) is 0 Å². The summed E-state index contributed by atoms with van der Waals surface area (Å²) in [4.78, 5) is 20.9. The van der Waals surface area contributed by atoms with Gasteiger partial charge < -0.3 is 16.8 Å². The Hall–Kier alpha value is -1.10. The van der Waals surface area contributed by atoms with Gasteiger partial charge >= 0.3 is 0 Å². The van der Waals surface area contributed by atoms with Crippen LogP contribution in [0, 0.1) is 5.92 Å². The van der Waals surface area contributed by atoms with E-state index < -0.39 is 23.8 Å². The Morgan fingerprint density at radius 3 is 2.00 bits per heavy atom. The number of hydrogen-bond donors (Lipinski definition) is 3. The van der Waals surface area contributed by atoms with E-state index in [1.165, 1.54) is 0 Å². The van der Waals surface area contributed by atoms with Gasteiger partial charge in [-0.2, -0.15) is 0 Å². The second-order valence-corrected chi connectivity index (χ2v) is 2.30. The molecular formula is C5H9N3O2. The molecule has 2 unspecified atom stereocenters. The number of rotatable bonds is 2. The van der Waals surface area contributed by atoms with Gasteiger partial charge in [0.2, 0.25) is 11.8 Å². The van der Waals surface area contributed by atoms with E-state index in [-0.39, 0.29) is 0 Å². The Bertz CT molecular complexity index is 160. The maximum atomic E-state index is 10.5. The zero-order chi connectivity index (χ0) is 7.72. The van der Waals surface area contributed by atoms with Crippen LogP contribution in [0.15, 0.2) is 0 Å². The molecular weight excluding hydrogens is 134 g/mol. The molecule has 5 nitrogen and oxygen atoms in total. The molecule has 5 heteroatoms. The highest BCUT2D eigenvalue weighted by atomic mass is 16.2. The average molecular weight is 143 g/mol. The summed E-state index contributed by atoms with van der Waals surface area (Å²) in [6.07, 6.45) is 0. The molecule has 2 amide bonds. The highest BCUT2D eigenvalue weighted by Gasteiger charge is 2.38. The molecule has 10 heavy (non-hydrogen) atoms. The summed E-state index contributed by atoms with van der Waals surface area (Å²) in [5.41, 5.74) is 9.86. The van der Waals surface area contributed by atoms with Gasteiger partial charge in [0.25, 0.3) is 0 Å². The molecule has 5 N–H and O–H groups in total. The number of carbonyl (C=O) groups excluding carboxylic acids is 2. The smallest absolute Gasteiger partial charge is 0.235 e. The van der Waals surface area contributed by atoms with Crippen LogP contribution < -0.4 is 16.8 Å². The van der Waals surface area contributed by atoms with Crippen LogP contribution in [0.1, 0.15) is 0 Å². The van der Waals surface area contributed by atoms with Crippen molar-refractivity contribution in [3.8, 4) is 0 Å². The van der Waals surface area contributed by atoms with E-state index in [1.807, 2.05) is 0 Å². The summed E-state index contributed by atoms with van der Waals surface area (Å²) in [6.45, 7) is 0.461. The minimum absolute atomic E-state index is 0.405. The van der Waals surface area contributed by atoms with E-state index in [9.17, 15) is 9.59 Å². The Labute approximate surface area is 57.7 Å². The van der Waals surface area contributed by atoms with Gasteiger partial charge in [-0.05, 0) is 0 Å². The average Bonchev–Trinajstić information content (AvgIpc) is 1.56. The Balaban J connectivity index is 2.51. The number of hydrogen-bond acceptors (Lipinski definition) is 3. The molecule has 1 saturated heterocycles. The lowest BCUT2D eigenvalue weighted by Crippen LogP contribution is -2.63. The normalized spacial score (nSPS) is 30.8. The minimum atomic E-state index is -0.544. The van der Waals surface area contributed by atoms with Crippen molar-refractivity contribution in [2.45, 2.75) is 6.04 Å². The molecule has 0 aliphatic carbocycles. The molecule has 0 spiro atoms. The van der Waals surface area contributed by atoms with Gasteiger partial charge in [-0.3, -0.25) is 9.59 Å². The van der Waals surface area contributed by atoms with Gasteiger partial charge in [0, 0.05) is 6.54 Å². The van der Waals surface area contributed by atoms with Gasteiger partial charge in [0.15, 0.2) is 0 Å². The van der Waals surface area contributed by atoms with Gasteiger partial charge in [-0.15, -0.1) is 0 Å². The van der Waals surface area contributed by atoms with Crippen LogP contribution in [0.4, 0.5) is 0 Å². The molecule has 0 bridgehead atoms. The molecule has 0 aromatic heterocycles. The van der Waals surface area contributed by atoms with E-state index in [0.717, 1.165) is 0 Å². The van der Waals surface area contributed by atoms with E-state index >= 15 is 0 Å². The molecule has 1 aliphatic rings. The van der Waals surface area contributed by atoms with Crippen LogP contribution in [0.5, 0.6) is 0 Å². The topological polar surface area (TPSA) is 98.2 Å². The second-order valence-electron chi connectivity index (χ2n) is 2.30. The SMILES string of the molecule is NC(=O)C1CNC1C(N)=O. The lowest BCUT2D eigenvalue weighted by atomic mass is 9.91. The van der Waals surface area contributed by atoms with Crippen molar-refractivity contribution in [1.82, 2.24) is 5.32 Å². The fraction of sp³-hybridized carbons (Fsp3) is 0.600. The van der Waals surface area contributed by atoms with Crippen molar-refractivity contribution in [3.05, 3.63) is 0 Å². The highest BCUT2D eigenvalue weighted by Crippen LogP contribution is 2.10. The molecule has 0 radical (unpaired) electrons. The number of nitrogens with one attached hydrogen (secondary N) is 1. The molecule has 0 aromatic rings. The van der Waals surface area contributed by atoms with Crippen molar-refractivity contribution in [3.63, 3.8) is 0 Å². The Morgan fingerprint density at radius 2 is 1.90 bits per heavy atom. The Morgan fingerprint density at radius 1 is 1.30 bits per heavy atom. The third-order valence-corrected chi connectivity index (χ3v) is 1.63. The van der Waals surface area contributed by atoms with Crippen molar-refractivity contribution >= 4 is 11.8 Å². The van der Waals surface area contributed by atoms with Crippen molar-refractivity contribution in [1.29, 1.82) is 0 Å². The highest BCUT2D eigenvalue weighted by molar-refractivity contribution is 5.90. The third kappa shape index (κ3) is 0.950. The Kier molecular flexibility index (Phi) is 1.58. The first-order valence-corrected chi connectivity index (χ1v) is 2.95. The summed E-state index contributed by atoms with van der Waals surface area (Å²) in [7, 11) is 0. The van der Waals surface area contributed by atoms with Gasteiger partial charge in [-0.1, -0.05) is 0 Å². The maximum Gasteiger partial charge on any atom is 0.235 e. The molecule has 2 atom stereocenters. The molecule has 1 fully saturated rings. The van der Waals surface area contributed by atoms with Crippen molar-refractivity contribution < 1.29 is 9.59 Å². The van der Waals surface area contributed by atoms with E-state index in [0.29, 0.717) is 6.54 Å². The van der Waals surface area contributed by atoms with Gasteiger partial charge in [-0.25, -0.2) is 0 Å². The fourth-order valence-electron chi connectivity index (χ4n) is 0.917. The van der Waals surface area contributed by atoms with E-state index in [2.05, 4.69) is 5.32 Å². The molecule has 0 aromatic carbocycles. The van der Waals surface area contributed by atoms with E-state index in [1.54, 1.807) is 0 Å². The molecule has 1 aliphatic heterocycles. The quantitative estimate of drug-likeness (QED) is 0.400.